The van der Waals surface area contributed by atoms with Crippen molar-refractivity contribution in [1.29, 1.82) is 0 Å². The highest BCUT2D eigenvalue weighted by atomic mass is 32.1. The van der Waals surface area contributed by atoms with Crippen LogP contribution in [-0.4, -0.2) is 0 Å². The second-order valence-corrected chi connectivity index (χ2v) is 15.5. The van der Waals surface area contributed by atoms with Gasteiger partial charge in [0.15, 0.2) is 0 Å². The van der Waals surface area contributed by atoms with Gasteiger partial charge in [-0.1, -0.05) is 127 Å². The first-order valence-corrected chi connectivity index (χ1v) is 19.7. The number of hydrogen-bond acceptors (Lipinski definition) is 4. The largest absolute Gasteiger partial charge is 0.456 e. The van der Waals surface area contributed by atoms with E-state index in [1.807, 2.05) is 29.5 Å². The Balaban J connectivity index is 1.19. The number of rotatable bonds is 5. The normalized spacial score (nSPS) is 11.9. The first-order valence-electron chi connectivity index (χ1n) is 18.9. The smallest absolute Gasteiger partial charge is 0.143 e. The van der Waals surface area contributed by atoms with Crippen LogP contribution in [0.25, 0.3) is 97.1 Å². The maximum Gasteiger partial charge on any atom is 0.143 e. The predicted octanol–water partition coefficient (Wildman–Crippen LogP) is 15.8. The van der Waals surface area contributed by atoms with Crippen molar-refractivity contribution < 1.29 is 8.83 Å². The molecule has 3 aromatic heterocycles. The molecule has 0 atom stereocenters. The van der Waals surface area contributed by atoms with Crippen molar-refractivity contribution in [2.45, 2.75) is 0 Å². The minimum Gasteiger partial charge on any atom is -0.456 e. The van der Waals surface area contributed by atoms with Crippen LogP contribution in [0.3, 0.4) is 0 Å². The van der Waals surface area contributed by atoms with Gasteiger partial charge in [0, 0.05) is 69.9 Å². The van der Waals surface area contributed by atoms with Gasteiger partial charge < -0.3 is 13.7 Å². The van der Waals surface area contributed by atoms with Crippen LogP contribution in [-0.2, 0) is 0 Å². The molecule has 56 heavy (non-hydrogen) atoms. The monoisotopic (exact) mass is 733 g/mol. The molecule has 0 saturated carbocycles. The van der Waals surface area contributed by atoms with Crippen LogP contribution in [0, 0.1) is 0 Å². The minimum atomic E-state index is 0.838. The molecule has 9 aromatic carbocycles. The molecule has 0 amide bonds. The molecule has 4 heteroatoms. The van der Waals surface area contributed by atoms with Crippen molar-refractivity contribution in [3.05, 3.63) is 188 Å². The average molecular weight is 734 g/mol. The highest BCUT2D eigenvalue weighted by Gasteiger charge is 2.24. The molecular weight excluding hydrogens is 703 g/mol. The summed E-state index contributed by atoms with van der Waals surface area (Å²) in [5, 5.41) is 9.19. The van der Waals surface area contributed by atoms with Crippen LogP contribution < -0.4 is 4.90 Å². The Bertz CT molecular complexity index is 3480. The fraction of sp³-hybridized carbons (Fsp3) is 0. The zero-order chi connectivity index (χ0) is 36.7. The van der Waals surface area contributed by atoms with Gasteiger partial charge in [0.05, 0.1) is 0 Å². The number of benzene rings is 9. The van der Waals surface area contributed by atoms with E-state index in [2.05, 4.69) is 175 Å². The zero-order valence-corrected chi connectivity index (χ0v) is 30.9. The summed E-state index contributed by atoms with van der Waals surface area (Å²) in [6.45, 7) is 0. The van der Waals surface area contributed by atoms with E-state index in [9.17, 15) is 0 Å². The Labute approximate surface area is 325 Å². The fourth-order valence-corrected chi connectivity index (χ4v) is 9.88. The number of anilines is 3. The standard InChI is InChI=1S/C52H31NO2S/c1-2-11-32(12-3-1)34-21-24-36(25-22-34)53(37-26-23-33-13-4-5-14-35(33)29-37)38-30-43(41-18-10-17-40-39-15-7-9-20-48(39)56-52(40)41)51-44(31-38)50-47(55-51)28-27-46-49(50)42-16-6-8-19-45(42)54-46/h1-31H. The summed E-state index contributed by atoms with van der Waals surface area (Å²) >= 11 is 1.84. The van der Waals surface area contributed by atoms with Gasteiger partial charge in [-0.2, -0.15) is 0 Å². The van der Waals surface area contributed by atoms with E-state index in [0.717, 1.165) is 72.1 Å². The molecule has 0 aliphatic rings. The van der Waals surface area contributed by atoms with Crippen LogP contribution in [0.5, 0.6) is 0 Å². The van der Waals surface area contributed by atoms with Gasteiger partial charge in [-0.15, -0.1) is 11.3 Å². The van der Waals surface area contributed by atoms with E-state index < -0.39 is 0 Å². The lowest BCUT2D eigenvalue weighted by Gasteiger charge is -2.27. The molecule has 0 aliphatic carbocycles. The fourth-order valence-electron chi connectivity index (χ4n) is 8.65. The molecule has 262 valence electrons. The molecule has 0 N–H and O–H groups in total. The first-order chi connectivity index (χ1) is 27.7. The number of furan rings is 2. The third-order valence-electron chi connectivity index (χ3n) is 11.2. The van der Waals surface area contributed by atoms with Gasteiger partial charge in [0.25, 0.3) is 0 Å². The van der Waals surface area contributed by atoms with Crippen LogP contribution in [0.4, 0.5) is 17.1 Å². The highest BCUT2D eigenvalue weighted by Crippen LogP contribution is 2.49. The summed E-state index contributed by atoms with van der Waals surface area (Å²) in [4.78, 5) is 2.39. The third-order valence-corrected chi connectivity index (χ3v) is 12.5. The van der Waals surface area contributed by atoms with Crippen molar-refractivity contribution in [3.8, 4) is 22.3 Å². The van der Waals surface area contributed by atoms with Crippen molar-refractivity contribution >= 4 is 103 Å². The lowest BCUT2D eigenvalue weighted by Crippen LogP contribution is -2.10. The molecule has 0 bridgehead atoms. The van der Waals surface area contributed by atoms with Crippen LogP contribution >= 0.6 is 11.3 Å². The van der Waals surface area contributed by atoms with E-state index in [1.165, 1.54) is 42.1 Å². The lowest BCUT2D eigenvalue weighted by atomic mass is 9.97. The highest BCUT2D eigenvalue weighted by molar-refractivity contribution is 7.26. The SMILES string of the molecule is c1ccc(-c2ccc(N(c3ccc4ccccc4c3)c3cc(-c4cccc5c4sc4ccccc45)c4oc5ccc6oc7ccccc7c6c5c4c3)cc2)cc1. The van der Waals surface area contributed by atoms with E-state index >= 15 is 0 Å². The Morgan fingerprint density at radius 3 is 1.93 bits per heavy atom. The number of nitrogens with zero attached hydrogens (tertiary/aromatic N) is 1. The number of hydrogen-bond donors (Lipinski definition) is 0. The van der Waals surface area contributed by atoms with Crippen LogP contribution in [0.2, 0.25) is 0 Å². The second kappa shape index (κ2) is 12.2. The molecule has 12 rings (SSSR count). The van der Waals surface area contributed by atoms with Gasteiger partial charge in [-0.3, -0.25) is 0 Å². The van der Waals surface area contributed by atoms with E-state index in [0.29, 0.717) is 0 Å². The summed E-state index contributed by atoms with van der Waals surface area (Å²) in [6, 6.07) is 67.3. The first kappa shape index (κ1) is 31.2. The van der Waals surface area contributed by atoms with E-state index in [4.69, 9.17) is 8.83 Å². The summed E-state index contributed by atoms with van der Waals surface area (Å²) < 4.78 is 16.0. The van der Waals surface area contributed by atoms with Crippen LogP contribution in [0.15, 0.2) is 197 Å². The summed E-state index contributed by atoms with van der Waals surface area (Å²) in [6.07, 6.45) is 0. The number of fused-ring (bicyclic) bond motifs is 11. The van der Waals surface area contributed by atoms with Crippen molar-refractivity contribution in [3.63, 3.8) is 0 Å². The summed E-state index contributed by atoms with van der Waals surface area (Å²) in [7, 11) is 0. The van der Waals surface area contributed by atoms with E-state index in [1.54, 1.807) is 0 Å². The zero-order valence-electron chi connectivity index (χ0n) is 30.1. The molecule has 0 fully saturated rings. The Kier molecular flexibility index (Phi) is 6.80. The summed E-state index contributed by atoms with van der Waals surface area (Å²) in [5.74, 6) is 0. The lowest BCUT2D eigenvalue weighted by molar-refractivity contribution is 0.663. The average Bonchev–Trinajstić information content (AvgIpc) is 3.95. The van der Waals surface area contributed by atoms with Crippen molar-refractivity contribution in [1.82, 2.24) is 0 Å². The Hall–Kier alpha value is -7.14. The number of para-hydroxylation sites is 1. The maximum absolute atomic E-state index is 7.00. The summed E-state index contributed by atoms with van der Waals surface area (Å²) in [5.41, 5.74) is 11.2. The predicted molar refractivity (Wildman–Crippen MR) is 237 cm³/mol. The van der Waals surface area contributed by atoms with E-state index in [-0.39, 0.29) is 0 Å². The minimum absolute atomic E-state index is 0.838. The molecule has 12 aromatic rings. The van der Waals surface area contributed by atoms with Crippen molar-refractivity contribution in [2.24, 2.45) is 0 Å². The second-order valence-electron chi connectivity index (χ2n) is 14.4. The molecular formula is C52H31NO2S. The molecule has 0 radical (unpaired) electrons. The van der Waals surface area contributed by atoms with Crippen molar-refractivity contribution in [2.75, 3.05) is 4.90 Å². The Morgan fingerprint density at radius 2 is 1.05 bits per heavy atom. The molecule has 0 unspecified atom stereocenters. The van der Waals surface area contributed by atoms with Gasteiger partial charge in [0.2, 0.25) is 0 Å². The molecule has 0 aliphatic heterocycles. The topological polar surface area (TPSA) is 29.5 Å². The molecule has 3 nitrogen and oxygen atoms in total. The van der Waals surface area contributed by atoms with Gasteiger partial charge in [0.1, 0.15) is 22.3 Å². The molecule has 0 saturated heterocycles. The van der Waals surface area contributed by atoms with Gasteiger partial charge in [-0.05, 0) is 82.6 Å². The van der Waals surface area contributed by atoms with Gasteiger partial charge >= 0.3 is 0 Å². The Morgan fingerprint density at radius 1 is 0.375 bits per heavy atom. The maximum atomic E-state index is 7.00. The third kappa shape index (κ3) is 4.76. The molecule has 3 heterocycles. The molecule has 0 spiro atoms. The van der Waals surface area contributed by atoms with Gasteiger partial charge in [-0.25, -0.2) is 0 Å². The quantitative estimate of drug-likeness (QED) is 0.176. The number of thiophene rings is 1. The van der Waals surface area contributed by atoms with Crippen LogP contribution in [0.1, 0.15) is 0 Å².